The van der Waals surface area contributed by atoms with Gasteiger partial charge in [0, 0.05) is 18.7 Å². The Morgan fingerprint density at radius 3 is 2.47 bits per heavy atom. The lowest BCUT2D eigenvalue weighted by Crippen LogP contribution is -2.28. The fourth-order valence-electron chi connectivity index (χ4n) is 3.76. The van der Waals surface area contributed by atoms with Gasteiger partial charge in [0.2, 0.25) is 5.91 Å². The number of hydrogen-bond acceptors (Lipinski definition) is 5. The van der Waals surface area contributed by atoms with E-state index in [-0.39, 0.29) is 18.9 Å². The molecule has 158 valence electrons. The molecular formula is C23H26N2O5. The molecule has 2 amide bonds. The minimum absolute atomic E-state index is 0.0364. The largest absolute Gasteiger partial charge is 0.495 e. The molecule has 2 aromatic carbocycles. The first-order chi connectivity index (χ1) is 14.3. The van der Waals surface area contributed by atoms with Gasteiger partial charge in [0.05, 0.1) is 18.7 Å². The molecule has 0 bridgehead atoms. The lowest BCUT2D eigenvalue weighted by molar-refractivity contribution is -0.151. The van der Waals surface area contributed by atoms with Crippen LogP contribution in [0.5, 0.6) is 5.75 Å². The minimum atomic E-state index is -0.627. The van der Waals surface area contributed by atoms with E-state index in [4.69, 9.17) is 9.47 Å². The molecular weight excluding hydrogens is 384 g/mol. The molecule has 30 heavy (non-hydrogen) atoms. The van der Waals surface area contributed by atoms with Crippen LogP contribution in [0.1, 0.15) is 23.1 Å². The molecule has 0 saturated carbocycles. The Bertz CT molecular complexity index is 962. The zero-order valence-electron chi connectivity index (χ0n) is 17.7. The van der Waals surface area contributed by atoms with Crippen molar-refractivity contribution in [3.05, 3.63) is 53.1 Å². The van der Waals surface area contributed by atoms with Crippen LogP contribution in [0.25, 0.3) is 0 Å². The first kappa shape index (κ1) is 21.4. The van der Waals surface area contributed by atoms with E-state index in [1.165, 1.54) is 12.0 Å². The van der Waals surface area contributed by atoms with Crippen LogP contribution in [0.4, 0.5) is 11.4 Å². The Hall–Kier alpha value is -3.35. The lowest BCUT2D eigenvalue weighted by atomic mass is 10.1. The summed E-state index contributed by atoms with van der Waals surface area (Å²) in [6.45, 7) is 5.61. The minimum Gasteiger partial charge on any atom is -0.495 e. The molecule has 3 rings (SSSR count). The highest BCUT2D eigenvalue weighted by atomic mass is 16.5. The number of methoxy groups -OCH3 is 1. The third kappa shape index (κ3) is 4.62. The summed E-state index contributed by atoms with van der Waals surface area (Å²) in [5.74, 6) is -1.23. The molecule has 0 spiro atoms. The third-order valence-electron chi connectivity index (χ3n) is 5.12. The normalized spacial score (nSPS) is 15.8. The van der Waals surface area contributed by atoms with Crippen LogP contribution in [-0.4, -0.2) is 38.0 Å². The monoisotopic (exact) mass is 410 g/mol. The quantitative estimate of drug-likeness (QED) is 0.740. The van der Waals surface area contributed by atoms with Gasteiger partial charge in [0.1, 0.15) is 5.75 Å². The summed E-state index contributed by atoms with van der Waals surface area (Å²) in [6.07, 6.45) is 0.0364. The Morgan fingerprint density at radius 2 is 1.80 bits per heavy atom. The van der Waals surface area contributed by atoms with Crippen molar-refractivity contribution in [3.63, 3.8) is 0 Å². The average Bonchev–Trinajstić information content (AvgIpc) is 3.10. The number of anilines is 2. The van der Waals surface area contributed by atoms with E-state index in [1.54, 1.807) is 18.2 Å². The van der Waals surface area contributed by atoms with Crippen molar-refractivity contribution in [2.45, 2.75) is 27.2 Å². The van der Waals surface area contributed by atoms with Gasteiger partial charge >= 0.3 is 5.97 Å². The van der Waals surface area contributed by atoms with E-state index < -0.39 is 24.4 Å². The number of benzene rings is 2. The molecule has 0 unspecified atom stereocenters. The van der Waals surface area contributed by atoms with Gasteiger partial charge in [-0.3, -0.25) is 14.4 Å². The second kappa shape index (κ2) is 8.98. The number of carbonyl (C=O) groups is 3. The van der Waals surface area contributed by atoms with Gasteiger partial charge < -0.3 is 19.7 Å². The Balaban J connectivity index is 1.58. The molecule has 1 aliphatic rings. The van der Waals surface area contributed by atoms with Crippen LogP contribution >= 0.6 is 0 Å². The lowest BCUT2D eigenvalue weighted by Gasteiger charge is -2.19. The molecule has 1 atom stereocenters. The van der Waals surface area contributed by atoms with Gasteiger partial charge in [-0.2, -0.15) is 0 Å². The van der Waals surface area contributed by atoms with E-state index >= 15 is 0 Å². The molecule has 1 N–H and O–H groups in total. The number of rotatable bonds is 6. The fourth-order valence-corrected chi connectivity index (χ4v) is 3.76. The van der Waals surface area contributed by atoms with E-state index in [0.29, 0.717) is 11.4 Å². The highest BCUT2D eigenvalue weighted by molar-refractivity contribution is 6.01. The van der Waals surface area contributed by atoms with Crippen molar-refractivity contribution in [1.82, 2.24) is 0 Å². The van der Waals surface area contributed by atoms with Crippen LogP contribution in [-0.2, 0) is 19.1 Å². The van der Waals surface area contributed by atoms with Gasteiger partial charge in [0.25, 0.3) is 5.91 Å². The van der Waals surface area contributed by atoms with Crippen LogP contribution < -0.4 is 15.0 Å². The molecule has 1 heterocycles. The summed E-state index contributed by atoms with van der Waals surface area (Å²) >= 11 is 0. The molecule has 2 aromatic rings. The van der Waals surface area contributed by atoms with Crippen molar-refractivity contribution in [1.29, 1.82) is 0 Å². The zero-order chi connectivity index (χ0) is 21.8. The summed E-state index contributed by atoms with van der Waals surface area (Å²) in [4.78, 5) is 38.7. The van der Waals surface area contributed by atoms with Gasteiger partial charge in [-0.05, 0) is 44.0 Å². The van der Waals surface area contributed by atoms with E-state index in [1.807, 2.05) is 39.0 Å². The third-order valence-corrected chi connectivity index (χ3v) is 5.12. The van der Waals surface area contributed by atoms with Gasteiger partial charge in [-0.1, -0.05) is 29.8 Å². The maximum absolute atomic E-state index is 12.4. The molecule has 0 aromatic heterocycles. The number of esters is 1. The summed E-state index contributed by atoms with van der Waals surface area (Å²) in [7, 11) is 1.53. The van der Waals surface area contributed by atoms with Crippen molar-refractivity contribution in [3.8, 4) is 5.75 Å². The van der Waals surface area contributed by atoms with E-state index in [2.05, 4.69) is 5.32 Å². The standard InChI is InChI=1S/C23H26N2O5/c1-14-9-15(2)22(16(3)10-14)24-20(26)13-30-23(28)17-11-21(27)25(12-17)18-7-5-6-8-19(18)29-4/h5-10,17H,11-13H2,1-4H3,(H,24,26)/t17-/m0/s1. The number of hydrogen-bond donors (Lipinski definition) is 1. The second-order valence-electron chi connectivity index (χ2n) is 7.51. The summed E-state index contributed by atoms with van der Waals surface area (Å²) < 4.78 is 10.5. The SMILES string of the molecule is COc1ccccc1N1C[C@@H](C(=O)OCC(=O)Nc2c(C)cc(C)cc2C)CC1=O. The second-order valence-corrected chi connectivity index (χ2v) is 7.51. The first-order valence-corrected chi connectivity index (χ1v) is 9.78. The van der Waals surface area contributed by atoms with Crippen molar-refractivity contribution in [2.75, 3.05) is 30.5 Å². The highest BCUT2D eigenvalue weighted by Crippen LogP contribution is 2.33. The summed E-state index contributed by atoms with van der Waals surface area (Å²) in [5.41, 5.74) is 4.34. The van der Waals surface area contributed by atoms with E-state index in [0.717, 1.165) is 22.4 Å². The number of para-hydroxylation sites is 2. The van der Waals surface area contributed by atoms with Crippen molar-refractivity contribution < 1.29 is 23.9 Å². The number of carbonyl (C=O) groups excluding carboxylic acids is 3. The number of ether oxygens (including phenoxy) is 2. The first-order valence-electron chi connectivity index (χ1n) is 9.78. The predicted molar refractivity (Wildman–Crippen MR) is 114 cm³/mol. The number of amides is 2. The molecule has 1 fully saturated rings. The molecule has 0 radical (unpaired) electrons. The number of aryl methyl sites for hydroxylation is 3. The van der Waals surface area contributed by atoms with Crippen LogP contribution in [0.2, 0.25) is 0 Å². The van der Waals surface area contributed by atoms with Gasteiger partial charge in [-0.25, -0.2) is 0 Å². The van der Waals surface area contributed by atoms with E-state index in [9.17, 15) is 14.4 Å². The average molecular weight is 410 g/mol. The zero-order valence-corrected chi connectivity index (χ0v) is 17.7. The highest BCUT2D eigenvalue weighted by Gasteiger charge is 2.37. The maximum atomic E-state index is 12.4. The number of nitrogens with one attached hydrogen (secondary N) is 1. The van der Waals surface area contributed by atoms with Crippen molar-refractivity contribution in [2.24, 2.45) is 5.92 Å². The van der Waals surface area contributed by atoms with Gasteiger partial charge in [-0.15, -0.1) is 0 Å². The molecule has 1 aliphatic heterocycles. The molecule has 0 aliphatic carbocycles. The predicted octanol–water partition coefficient (Wildman–Crippen LogP) is 3.16. The fraction of sp³-hybridized carbons (Fsp3) is 0.348. The van der Waals surface area contributed by atoms with Gasteiger partial charge in [0.15, 0.2) is 6.61 Å². The Morgan fingerprint density at radius 1 is 1.13 bits per heavy atom. The van der Waals surface area contributed by atoms with Crippen molar-refractivity contribution >= 4 is 29.2 Å². The molecule has 7 nitrogen and oxygen atoms in total. The topological polar surface area (TPSA) is 84.9 Å². The van der Waals surface area contributed by atoms with Crippen LogP contribution in [0.15, 0.2) is 36.4 Å². The molecule has 1 saturated heterocycles. The van der Waals surface area contributed by atoms with Crippen LogP contribution in [0, 0.1) is 26.7 Å². The Kier molecular flexibility index (Phi) is 6.40. The summed E-state index contributed by atoms with van der Waals surface area (Å²) in [5, 5.41) is 2.80. The maximum Gasteiger partial charge on any atom is 0.311 e. The summed E-state index contributed by atoms with van der Waals surface area (Å²) in [6, 6.07) is 11.1. The smallest absolute Gasteiger partial charge is 0.311 e. The Labute approximate surface area is 176 Å². The number of nitrogens with zero attached hydrogens (tertiary/aromatic N) is 1. The molecule has 7 heteroatoms. The van der Waals surface area contributed by atoms with Crippen LogP contribution in [0.3, 0.4) is 0 Å².